The Hall–Kier alpha value is -1.49. The van der Waals surface area contributed by atoms with Crippen molar-refractivity contribution < 1.29 is 14.3 Å². The van der Waals surface area contributed by atoms with Crippen LogP contribution in [-0.4, -0.2) is 22.6 Å². The van der Waals surface area contributed by atoms with E-state index in [4.69, 9.17) is 5.11 Å². The Balaban J connectivity index is 2.60. The molecule has 0 radical (unpaired) electrons. The van der Waals surface area contributed by atoms with Crippen LogP contribution < -0.4 is 5.32 Å². The van der Waals surface area contributed by atoms with Crippen LogP contribution in [0.3, 0.4) is 0 Å². The number of pyridine rings is 1. The number of hydrogen-bond acceptors (Lipinski definition) is 3. The fraction of sp³-hybridized carbons (Fsp3) is 0.333. The minimum absolute atomic E-state index is 0.155. The van der Waals surface area contributed by atoms with Gasteiger partial charge in [-0.15, -0.1) is 0 Å². The minimum atomic E-state index is -0.943. The van der Waals surface area contributed by atoms with Gasteiger partial charge in [-0.3, -0.25) is 9.78 Å². The van der Waals surface area contributed by atoms with E-state index in [-0.39, 0.29) is 12.6 Å². The van der Waals surface area contributed by atoms with Gasteiger partial charge in [0.15, 0.2) is 0 Å². The predicted molar refractivity (Wildman–Crippen MR) is 48.2 cm³/mol. The Morgan fingerprint density at radius 1 is 1.71 bits per heavy atom. The van der Waals surface area contributed by atoms with Crippen LogP contribution in [0.15, 0.2) is 18.5 Å². The highest BCUT2D eigenvalue weighted by atomic mass is 19.1. The summed E-state index contributed by atoms with van der Waals surface area (Å²) in [4.78, 5) is 13.9. The van der Waals surface area contributed by atoms with Crippen molar-refractivity contribution in [1.82, 2.24) is 10.3 Å². The van der Waals surface area contributed by atoms with E-state index in [1.54, 1.807) is 6.92 Å². The molecule has 0 aliphatic carbocycles. The third-order valence-corrected chi connectivity index (χ3v) is 1.79. The third kappa shape index (κ3) is 3.10. The highest BCUT2D eigenvalue weighted by Crippen LogP contribution is 2.11. The van der Waals surface area contributed by atoms with Gasteiger partial charge in [0.25, 0.3) is 0 Å². The predicted octanol–water partition coefficient (Wildman–Crippen LogP) is 0.956. The summed E-state index contributed by atoms with van der Waals surface area (Å²) in [5.74, 6) is -1.37. The Kier molecular flexibility index (Phi) is 3.53. The summed E-state index contributed by atoms with van der Waals surface area (Å²) in [6, 6.07) is 1.10. The molecule has 4 nitrogen and oxygen atoms in total. The van der Waals surface area contributed by atoms with Crippen molar-refractivity contribution in [1.29, 1.82) is 0 Å². The maximum Gasteiger partial charge on any atom is 0.317 e. The average molecular weight is 198 g/mol. The molecule has 2 N–H and O–H groups in total. The Morgan fingerprint density at radius 2 is 2.43 bits per heavy atom. The number of nitrogens with zero attached hydrogens (tertiary/aromatic N) is 1. The molecule has 1 aromatic heterocycles. The number of carboxylic acids is 1. The first-order valence-electron chi connectivity index (χ1n) is 4.15. The number of hydrogen-bond donors (Lipinski definition) is 2. The normalized spacial score (nSPS) is 12.4. The van der Waals surface area contributed by atoms with Crippen molar-refractivity contribution in [2.75, 3.05) is 6.54 Å². The van der Waals surface area contributed by atoms with Gasteiger partial charge in [-0.25, -0.2) is 4.39 Å². The van der Waals surface area contributed by atoms with E-state index in [9.17, 15) is 9.18 Å². The van der Waals surface area contributed by atoms with Gasteiger partial charge >= 0.3 is 5.97 Å². The van der Waals surface area contributed by atoms with Crippen LogP contribution in [-0.2, 0) is 4.79 Å². The van der Waals surface area contributed by atoms with Crippen molar-refractivity contribution in [2.45, 2.75) is 13.0 Å². The van der Waals surface area contributed by atoms with Crippen molar-refractivity contribution in [3.63, 3.8) is 0 Å². The van der Waals surface area contributed by atoms with Crippen LogP contribution in [0, 0.1) is 5.82 Å². The molecule has 0 spiro atoms. The lowest BCUT2D eigenvalue weighted by molar-refractivity contribution is -0.136. The Labute approximate surface area is 80.8 Å². The Bertz CT molecular complexity index is 330. The molecule has 0 bridgehead atoms. The van der Waals surface area contributed by atoms with Gasteiger partial charge in [-0.05, 0) is 18.6 Å². The van der Waals surface area contributed by atoms with E-state index >= 15 is 0 Å². The van der Waals surface area contributed by atoms with Crippen LogP contribution in [0.5, 0.6) is 0 Å². The second kappa shape index (κ2) is 4.66. The molecule has 0 aliphatic rings. The van der Waals surface area contributed by atoms with Gasteiger partial charge in [0.2, 0.25) is 0 Å². The number of halogens is 1. The van der Waals surface area contributed by atoms with Crippen LogP contribution in [0.25, 0.3) is 0 Å². The molecule has 0 aliphatic heterocycles. The molecule has 1 rings (SSSR count). The summed E-state index contributed by atoms with van der Waals surface area (Å²) in [5, 5.41) is 11.1. The molecule has 1 aromatic rings. The molecule has 1 atom stereocenters. The first-order chi connectivity index (χ1) is 6.59. The Morgan fingerprint density at radius 3 is 3.00 bits per heavy atom. The number of carbonyl (C=O) groups is 1. The largest absolute Gasteiger partial charge is 0.480 e. The van der Waals surface area contributed by atoms with Gasteiger partial charge in [-0.2, -0.15) is 0 Å². The molecule has 1 heterocycles. The minimum Gasteiger partial charge on any atom is -0.480 e. The summed E-state index contributed by atoms with van der Waals surface area (Å²) in [5.41, 5.74) is 0.631. The van der Waals surface area contributed by atoms with Gasteiger partial charge in [-0.1, -0.05) is 0 Å². The second-order valence-corrected chi connectivity index (χ2v) is 2.93. The van der Waals surface area contributed by atoms with Crippen molar-refractivity contribution in [2.24, 2.45) is 0 Å². The average Bonchev–Trinajstić information content (AvgIpc) is 2.14. The highest BCUT2D eigenvalue weighted by Gasteiger charge is 2.07. The lowest BCUT2D eigenvalue weighted by Gasteiger charge is -2.11. The molecule has 0 aromatic carbocycles. The third-order valence-electron chi connectivity index (χ3n) is 1.79. The smallest absolute Gasteiger partial charge is 0.317 e. The zero-order valence-corrected chi connectivity index (χ0v) is 7.70. The van der Waals surface area contributed by atoms with E-state index in [0.29, 0.717) is 5.56 Å². The van der Waals surface area contributed by atoms with E-state index in [0.717, 1.165) is 6.20 Å². The fourth-order valence-electron chi connectivity index (χ4n) is 1.02. The molecule has 0 amide bonds. The topological polar surface area (TPSA) is 62.2 Å². The molecule has 5 heteroatoms. The van der Waals surface area contributed by atoms with Crippen molar-refractivity contribution in [3.05, 3.63) is 29.8 Å². The van der Waals surface area contributed by atoms with Crippen LogP contribution >= 0.6 is 0 Å². The standard InChI is InChI=1S/C9H11FN2O2/c1-6(12-5-9(13)14)7-2-8(10)4-11-3-7/h2-4,6,12H,5H2,1H3,(H,13,14). The number of aliphatic carboxylic acids is 1. The van der Waals surface area contributed by atoms with Crippen molar-refractivity contribution in [3.8, 4) is 0 Å². The van der Waals surface area contributed by atoms with Crippen LogP contribution in [0.4, 0.5) is 4.39 Å². The molecule has 1 unspecified atom stereocenters. The lowest BCUT2D eigenvalue weighted by Crippen LogP contribution is -2.25. The zero-order valence-electron chi connectivity index (χ0n) is 7.70. The molecule has 0 fully saturated rings. The molecular formula is C9H11FN2O2. The van der Waals surface area contributed by atoms with E-state index in [2.05, 4.69) is 10.3 Å². The SMILES string of the molecule is CC(NCC(=O)O)c1cncc(F)c1. The van der Waals surface area contributed by atoms with Gasteiger partial charge in [0.1, 0.15) is 5.82 Å². The van der Waals surface area contributed by atoms with Crippen LogP contribution in [0.2, 0.25) is 0 Å². The second-order valence-electron chi connectivity index (χ2n) is 2.93. The number of aromatic nitrogens is 1. The number of nitrogens with one attached hydrogen (secondary N) is 1. The molecule has 0 saturated carbocycles. The monoisotopic (exact) mass is 198 g/mol. The molecule has 14 heavy (non-hydrogen) atoms. The van der Waals surface area contributed by atoms with E-state index in [1.807, 2.05) is 0 Å². The first-order valence-corrected chi connectivity index (χ1v) is 4.15. The van der Waals surface area contributed by atoms with Gasteiger partial charge in [0, 0.05) is 12.2 Å². The fourth-order valence-corrected chi connectivity index (χ4v) is 1.02. The summed E-state index contributed by atoms with van der Waals surface area (Å²) in [6.45, 7) is 1.59. The summed E-state index contributed by atoms with van der Waals surface area (Å²) in [6.07, 6.45) is 2.61. The van der Waals surface area contributed by atoms with E-state index < -0.39 is 11.8 Å². The summed E-state index contributed by atoms with van der Waals surface area (Å²) < 4.78 is 12.7. The lowest BCUT2D eigenvalue weighted by atomic mass is 10.1. The van der Waals surface area contributed by atoms with Crippen LogP contribution in [0.1, 0.15) is 18.5 Å². The van der Waals surface area contributed by atoms with Gasteiger partial charge in [0.05, 0.1) is 12.7 Å². The number of carboxylic acid groups (broad SMARTS) is 1. The zero-order chi connectivity index (χ0) is 10.6. The highest BCUT2D eigenvalue weighted by molar-refractivity contribution is 5.69. The molecule has 76 valence electrons. The molecule has 0 saturated heterocycles. The summed E-state index contributed by atoms with van der Waals surface area (Å²) >= 11 is 0. The van der Waals surface area contributed by atoms with E-state index in [1.165, 1.54) is 12.3 Å². The maximum atomic E-state index is 12.7. The number of rotatable bonds is 4. The molecular weight excluding hydrogens is 187 g/mol. The first kappa shape index (κ1) is 10.6. The quantitative estimate of drug-likeness (QED) is 0.756. The van der Waals surface area contributed by atoms with Crippen molar-refractivity contribution >= 4 is 5.97 Å². The maximum absolute atomic E-state index is 12.7. The summed E-state index contributed by atoms with van der Waals surface area (Å²) in [7, 11) is 0. The van der Waals surface area contributed by atoms with Gasteiger partial charge < -0.3 is 10.4 Å².